The van der Waals surface area contributed by atoms with Crippen molar-refractivity contribution in [3.8, 4) is 0 Å². The van der Waals surface area contributed by atoms with Gasteiger partial charge in [0.25, 0.3) is 0 Å². The second-order valence-electron chi connectivity index (χ2n) is 5.86. The second kappa shape index (κ2) is 6.70. The van der Waals surface area contributed by atoms with Crippen molar-refractivity contribution in [2.24, 2.45) is 0 Å². The van der Waals surface area contributed by atoms with E-state index in [0.717, 1.165) is 28.8 Å². The summed E-state index contributed by atoms with van der Waals surface area (Å²) in [5.74, 6) is -0.221. The first-order chi connectivity index (χ1) is 11.6. The van der Waals surface area contributed by atoms with E-state index in [4.69, 9.17) is 0 Å². The highest BCUT2D eigenvalue weighted by Gasteiger charge is 2.11. The Morgan fingerprint density at radius 3 is 2.71 bits per heavy atom. The lowest BCUT2D eigenvalue weighted by Crippen LogP contribution is -2.36. The lowest BCUT2D eigenvalue weighted by Gasteiger charge is -2.08. The topological polar surface area (TPSA) is 68.4 Å². The molecule has 0 spiro atoms. The Morgan fingerprint density at radius 2 is 1.96 bits per heavy atom. The number of aryl methyl sites for hydroxylation is 2. The molecule has 0 unspecified atom stereocenters. The molecule has 3 rings (SSSR count). The zero-order valence-corrected chi connectivity index (χ0v) is 13.8. The van der Waals surface area contributed by atoms with Gasteiger partial charge in [0, 0.05) is 12.2 Å². The maximum Gasteiger partial charge on any atom is 0.349 e. The van der Waals surface area contributed by atoms with E-state index in [1.165, 1.54) is 4.68 Å². The van der Waals surface area contributed by atoms with Gasteiger partial charge in [-0.3, -0.25) is 9.20 Å². The molecule has 3 aromatic rings. The predicted molar refractivity (Wildman–Crippen MR) is 92.1 cm³/mol. The first kappa shape index (κ1) is 16.0. The van der Waals surface area contributed by atoms with Crippen LogP contribution in [0.15, 0.2) is 47.4 Å². The number of hydrogen-bond donors (Lipinski definition) is 1. The van der Waals surface area contributed by atoms with Gasteiger partial charge >= 0.3 is 5.69 Å². The number of carbonyl (C=O) groups excluding carboxylic acids is 1. The summed E-state index contributed by atoms with van der Waals surface area (Å²) in [6, 6.07) is 11.9. The number of hydrogen-bond acceptors (Lipinski definition) is 3. The fourth-order valence-corrected chi connectivity index (χ4v) is 2.81. The highest BCUT2D eigenvalue weighted by molar-refractivity contribution is 5.75. The number of nitrogens with one attached hydrogen (secondary N) is 1. The van der Waals surface area contributed by atoms with Crippen molar-refractivity contribution in [2.45, 2.75) is 26.8 Å². The van der Waals surface area contributed by atoms with Gasteiger partial charge in [0.05, 0.1) is 11.7 Å². The molecule has 0 saturated carbocycles. The summed E-state index contributed by atoms with van der Waals surface area (Å²) >= 11 is 0. The average Bonchev–Trinajstić information content (AvgIpc) is 2.86. The van der Waals surface area contributed by atoms with Gasteiger partial charge in [0.2, 0.25) is 5.91 Å². The standard InChI is InChI=1S/C18H20N4O2/c1-13-10-14(2)22-16(13)11-20-21(18(22)24)12-17(23)19-9-8-15-6-4-3-5-7-15/h3-7,10-11H,8-9,12H2,1-2H3,(H,19,23). The highest BCUT2D eigenvalue weighted by Crippen LogP contribution is 2.11. The summed E-state index contributed by atoms with van der Waals surface area (Å²) in [7, 11) is 0. The molecule has 0 bridgehead atoms. The van der Waals surface area contributed by atoms with Gasteiger partial charge in [0.1, 0.15) is 6.54 Å². The molecule has 0 radical (unpaired) electrons. The molecule has 24 heavy (non-hydrogen) atoms. The molecule has 0 atom stereocenters. The smallest absolute Gasteiger partial charge is 0.349 e. The van der Waals surface area contributed by atoms with Crippen molar-refractivity contribution in [3.05, 3.63) is 69.9 Å². The van der Waals surface area contributed by atoms with Crippen LogP contribution in [-0.2, 0) is 17.8 Å². The largest absolute Gasteiger partial charge is 0.354 e. The summed E-state index contributed by atoms with van der Waals surface area (Å²) in [6.45, 7) is 4.25. The van der Waals surface area contributed by atoms with E-state index in [2.05, 4.69) is 10.4 Å². The third-order valence-electron chi connectivity index (χ3n) is 4.03. The number of fused-ring (bicyclic) bond motifs is 1. The molecule has 1 aromatic carbocycles. The minimum Gasteiger partial charge on any atom is -0.354 e. The van der Waals surface area contributed by atoms with Crippen molar-refractivity contribution in [3.63, 3.8) is 0 Å². The van der Waals surface area contributed by atoms with Crippen LogP contribution in [-0.4, -0.2) is 26.6 Å². The van der Waals surface area contributed by atoms with Crippen LogP contribution in [0.2, 0.25) is 0 Å². The number of nitrogens with zero attached hydrogens (tertiary/aromatic N) is 3. The Kier molecular flexibility index (Phi) is 4.46. The van der Waals surface area contributed by atoms with E-state index < -0.39 is 0 Å². The van der Waals surface area contributed by atoms with Crippen molar-refractivity contribution in [1.82, 2.24) is 19.5 Å². The fraction of sp³-hybridized carbons (Fsp3) is 0.278. The average molecular weight is 324 g/mol. The number of carbonyl (C=O) groups is 1. The lowest BCUT2D eigenvalue weighted by atomic mass is 10.1. The number of aromatic nitrogens is 3. The molecule has 2 aromatic heterocycles. The molecule has 0 aliphatic carbocycles. The van der Waals surface area contributed by atoms with Crippen LogP contribution in [0, 0.1) is 13.8 Å². The molecule has 2 heterocycles. The molecule has 0 saturated heterocycles. The molecule has 6 nitrogen and oxygen atoms in total. The van der Waals surface area contributed by atoms with Gasteiger partial charge in [0.15, 0.2) is 0 Å². The van der Waals surface area contributed by atoms with E-state index in [0.29, 0.717) is 6.54 Å². The van der Waals surface area contributed by atoms with Crippen molar-refractivity contribution >= 4 is 11.4 Å². The molecule has 0 aliphatic heterocycles. The minimum absolute atomic E-state index is 0.0831. The quantitative estimate of drug-likeness (QED) is 0.773. The van der Waals surface area contributed by atoms with Crippen LogP contribution in [0.25, 0.3) is 5.52 Å². The number of rotatable bonds is 5. The van der Waals surface area contributed by atoms with Crippen molar-refractivity contribution < 1.29 is 4.79 Å². The Morgan fingerprint density at radius 1 is 1.21 bits per heavy atom. The van der Waals surface area contributed by atoms with Crippen LogP contribution in [0.3, 0.4) is 0 Å². The zero-order chi connectivity index (χ0) is 17.1. The van der Waals surface area contributed by atoms with E-state index >= 15 is 0 Å². The summed E-state index contributed by atoms with van der Waals surface area (Å²) in [4.78, 5) is 24.5. The van der Waals surface area contributed by atoms with Gasteiger partial charge in [-0.25, -0.2) is 9.48 Å². The molecule has 1 N–H and O–H groups in total. The third-order valence-corrected chi connectivity index (χ3v) is 4.03. The molecule has 0 aliphatic rings. The Labute approximate surface area is 139 Å². The predicted octanol–water partition coefficient (Wildman–Crippen LogP) is 1.47. The summed E-state index contributed by atoms with van der Waals surface area (Å²) in [5, 5.41) is 6.94. The van der Waals surface area contributed by atoms with Crippen LogP contribution < -0.4 is 11.0 Å². The van der Waals surface area contributed by atoms with Gasteiger partial charge in [-0.05, 0) is 37.5 Å². The molecular formula is C18H20N4O2. The van der Waals surface area contributed by atoms with E-state index in [1.807, 2.05) is 50.2 Å². The number of amides is 1. The van der Waals surface area contributed by atoms with Crippen molar-refractivity contribution in [2.75, 3.05) is 6.54 Å². The van der Waals surface area contributed by atoms with Crippen LogP contribution in [0.5, 0.6) is 0 Å². The first-order valence-electron chi connectivity index (χ1n) is 7.91. The zero-order valence-electron chi connectivity index (χ0n) is 13.8. The Balaban J connectivity index is 1.66. The molecule has 1 amide bonds. The second-order valence-corrected chi connectivity index (χ2v) is 5.86. The molecule has 0 fully saturated rings. The van der Waals surface area contributed by atoms with E-state index in [1.54, 1.807) is 10.6 Å². The summed E-state index contributed by atoms with van der Waals surface area (Å²) in [6.07, 6.45) is 2.38. The summed E-state index contributed by atoms with van der Waals surface area (Å²) < 4.78 is 2.77. The van der Waals surface area contributed by atoms with Gasteiger partial charge in [-0.2, -0.15) is 5.10 Å². The lowest BCUT2D eigenvalue weighted by molar-refractivity contribution is -0.121. The van der Waals surface area contributed by atoms with Crippen LogP contribution in [0.4, 0.5) is 0 Å². The third kappa shape index (κ3) is 3.22. The van der Waals surface area contributed by atoms with Gasteiger partial charge < -0.3 is 5.32 Å². The molecular weight excluding hydrogens is 304 g/mol. The fourth-order valence-electron chi connectivity index (χ4n) is 2.81. The normalized spacial score (nSPS) is 10.9. The maximum atomic E-state index is 12.5. The van der Waals surface area contributed by atoms with Crippen molar-refractivity contribution in [1.29, 1.82) is 0 Å². The van der Waals surface area contributed by atoms with Crippen LogP contribution in [0.1, 0.15) is 16.8 Å². The number of benzene rings is 1. The molecule has 6 heteroatoms. The Hall–Kier alpha value is -2.89. The maximum absolute atomic E-state index is 12.5. The van der Waals surface area contributed by atoms with Gasteiger partial charge in [-0.15, -0.1) is 0 Å². The van der Waals surface area contributed by atoms with E-state index in [-0.39, 0.29) is 18.1 Å². The molecule has 124 valence electrons. The van der Waals surface area contributed by atoms with Gasteiger partial charge in [-0.1, -0.05) is 30.3 Å². The minimum atomic E-state index is -0.295. The van der Waals surface area contributed by atoms with E-state index in [9.17, 15) is 9.59 Å². The summed E-state index contributed by atoms with van der Waals surface area (Å²) in [5.41, 5.74) is 3.48. The van der Waals surface area contributed by atoms with Crippen LogP contribution >= 0.6 is 0 Å². The highest BCUT2D eigenvalue weighted by atomic mass is 16.2. The first-order valence-corrected chi connectivity index (χ1v) is 7.91. The SMILES string of the molecule is Cc1cc(C)n2c(=O)n(CC(=O)NCCc3ccccc3)ncc12. The monoisotopic (exact) mass is 324 g/mol. The Bertz CT molecular complexity index is 925.